The first-order chi connectivity index (χ1) is 14.5. The van der Waals surface area contributed by atoms with Crippen molar-refractivity contribution in [3.8, 4) is 0 Å². The maximum Gasteiger partial charge on any atom is 0.322 e. The predicted molar refractivity (Wildman–Crippen MR) is 120 cm³/mol. The summed E-state index contributed by atoms with van der Waals surface area (Å²) in [5.74, 6) is 0.0220. The molecule has 2 aromatic rings. The van der Waals surface area contributed by atoms with Crippen LogP contribution in [-0.4, -0.2) is 45.4 Å². The number of hydrogen-bond donors (Lipinski definition) is 1. The van der Waals surface area contributed by atoms with Crippen molar-refractivity contribution in [2.24, 2.45) is 7.05 Å². The van der Waals surface area contributed by atoms with Crippen LogP contribution in [-0.2, 0) is 24.8 Å². The number of nitrogens with one attached hydrogen (secondary N) is 1. The molecule has 6 heteroatoms. The van der Waals surface area contributed by atoms with Crippen LogP contribution in [0.4, 0.5) is 10.5 Å². The first-order valence-electron chi connectivity index (χ1n) is 11.1. The van der Waals surface area contributed by atoms with Crippen LogP contribution in [0.15, 0.2) is 42.6 Å². The molecule has 0 spiro atoms. The molecule has 0 atom stereocenters. The molecule has 1 aromatic carbocycles. The van der Waals surface area contributed by atoms with E-state index < -0.39 is 0 Å². The van der Waals surface area contributed by atoms with Gasteiger partial charge in [-0.15, -0.1) is 0 Å². The van der Waals surface area contributed by atoms with Crippen LogP contribution in [0.5, 0.6) is 0 Å². The molecule has 0 unspecified atom stereocenters. The van der Waals surface area contributed by atoms with Gasteiger partial charge >= 0.3 is 6.03 Å². The molecule has 162 valence electrons. The number of hydrogen-bond acceptors (Lipinski definition) is 2. The Labute approximate surface area is 179 Å². The van der Waals surface area contributed by atoms with Gasteiger partial charge in [0.2, 0.25) is 5.91 Å². The van der Waals surface area contributed by atoms with E-state index in [1.54, 1.807) is 4.90 Å². The predicted octanol–water partition coefficient (Wildman–Crippen LogP) is 4.41. The van der Waals surface area contributed by atoms with Crippen molar-refractivity contribution in [1.29, 1.82) is 0 Å². The molecular weight excluding hydrogens is 376 g/mol. The summed E-state index contributed by atoms with van der Waals surface area (Å²) in [6, 6.07) is 12.0. The molecule has 6 nitrogen and oxygen atoms in total. The van der Waals surface area contributed by atoms with Crippen LogP contribution < -0.4 is 5.32 Å². The van der Waals surface area contributed by atoms with Gasteiger partial charge in [-0.2, -0.15) is 0 Å². The maximum absolute atomic E-state index is 13.2. The summed E-state index contributed by atoms with van der Waals surface area (Å²) in [5, 5.41) is 3.03. The molecule has 0 aliphatic heterocycles. The summed E-state index contributed by atoms with van der Waals surface area (Å²) < 4.78 is 2.05. The van der Waals surface area contributed by atoms with Crippen LogP contribution in [0, 0.1) is 0 Å². The van der Waals surface area contributed by atoms with E-state index in [0.717, 1.165) is 49.0 Å². The third-order valence-electron chi connectivity index (χ3n) is 5.73. The third kappa shape index (κ3) is 5.65. The van der Waals surface area contributed by atoms with Gasteiger partial charge in [-0.25, -0.2) is 4.79 Å². The number of aryl methyl sites for hydroxylation is 2. The number of unbranched alkanes of at least 4 members (excludes halogenated alkanes) is 1. The van der Waals surface area contributed by atoms with Gasteiger partial charge in [-0.05, 0) is 49.4 Å². The first kappa shape index (κ1) is 21.9. The molecule has 0 bridgehead atoms. The van der Waals surface area contributed by atoms with Crippen molar-refractivity contribution in [2.45, 2.75) is 58.5 Å². The van der Waals surface area contributed by atoms with Crippen molar-refractivity contribution in [2.75, 3.05) is 18.4 Å². The fourth-order valence-electron chi connectivity index (χ4n) is 3.64. The number of urea groups is 1. The van der Waals surface area contributed by atoms with Gasteiger partial charge in [-0.3, -0.25) is 4.79 Å². The lowest BCUT2D eigenvalue weighted by Gasteiger charge is -2.28. The summed E-state index contributed by atoms with van der Waals surface area (Å²) in [7, 11) is 2.00. The second kappa shape index (κ2) is 10.3. The molecule has 30 heavy (non-hydrogen) atoms. The number of benzene rings is 1. The van der Waals surface area contributed by atoms with Crippen LogP contribution in [0.1, 0.15) is 50.8 Å². The third-order valence-corrected chi connectivity index (χ3v) is 5.73. The van der Waals surface area contributed by atoms with Gasteiger partial charge in [0.25, 0.3) is 0 Å². The largest absolute Gasteiger partial charge is 0.353 e. The van der Waals surface area contributed by atoms with E-state index in [2.05, 4.69) is 19.2 Å². The molecule has 0 saturated heterocycles. The minimum Gasteiger partial charge on any atom is -0.353 e. The van der Waals surface area contributed by atoms with Gasteiger partial charge in [0, 0.05) is 37.2 Å². The van der Waals surface area contributed by atoms with E-state index in [-0.39, 0.29) is 18.5 Å². The Morgan fingerprint density at radius 3 is 2.53 bits per heavy atom. The average molecular weight is 411 g/mol. The highest BCUT2D eigenvalue weighted by atomic mass is 16.2. The second-order valence-corrected chi connectivity index (χ2v) is 8.08. The van der Waals surface area contributed by atoms with E-state index in [0.29, 0.717) is 19.1 Å². The normalized spacial score (nSPS) is 13.2. The van der Waals surface area contributed by atoms with Crippen LogP contribution in [0.3, 0.4) is 0 Å². The van der Waals surface area contributed by atoms with Crippen molar-refractivity contribution >= 4 is 17.6 Å². The summed E-state index contributed by atoms with van der Waals surface area (Å²) >= 11 is 0. The highest BCUT2D eigenvalue weighted by Gasteiger charge is 2.34. The zero-order valence-corrected chi connectivity index (χ0v) is 18.4. The molecular formula is C24H34N4O2. The second-order valence-electron chi connectivity index (χ2n) is 8.08. The van der Waals surface area contributed by atoms with E-state index in [1.165, 1.54) is 0 Å². The van der Waals surface area contributed by atoms with E-state index in [4.69, 9.17) is 0 Å². The number of rotatable bonds is 10. The summed E-state index contributed by atoms with van der Waals surface area (Å²) in [5.41, 5.74) is 3.02. The maximum atomic E-state index is 13.2. The SMILES string of the molecule is CCCCN(CC(=O)N(Cc1cccn1C)C1CC1)C(=O)Nc1ccccc1CC. The van der Waals surface area contributed by atoms with Gasteiger partial charge < -0.3 is 19.7 Å². The topological polar surface area (TPSA) is 57.6 Å². The Kier molecular flexibility index (Phi) is 7.55. The summed E-state index contributed by atoms with van der Waals surface area (Å²) in [4.78, 5) is 29.9. The fourth-order valence-corrected chi connectivity index (χ4v) is 3.64. The van der Waals surface area contributed by atoms with Crippen molar-refractivity contribution in [3.63, 3.8) is 0 Å². The molecule has 0 radical (unpaired) electrons. The zero-order valence-electron chi connectivity index (χ0n) is 18.4. The highest BCUT2D eigenvalue weighted by Crippen LogP contribution is 2.28. The highest BCUT2D eigenvalue weighted by molar-refractivity contribution is 5.93. The molecule has 1 aliphatic carbocycles. The monoisotopic (exact) mass is 410 g/mol. The molecule has 1 fully saturated rings. The quantitative estimate of drug-likeness (QED) is 0.631. The lowest BCUT2D eigenvalue weighted by Crippen LogP contribution is -2.45. The number of carbonyl (C=O) groups excluding carboxylic acids is 2. The van der Waals surface area contributed by atoms with Crippen molar-refractivity contribution in [3.05, 3.63) is 53.9 Å². The number of para-hydroxylation sites is 1. The average Bonchev–Trinajstić information content (AvgIpc) is 3.51. The molecule has 3 amide bonds. The Bertz CT molecular complexity index is 856. The smallest absolute Gasteiger partial charge is 0.322 e. The summed E-state index contributed by atoms with van der Waals surface area (Å²) in [6.07, 6.45) is 6.77. The first-order valence-corrected chi connectivity index (χ1v) is 11.1. The Morgan fingerprint density at radius 1 is 1.13 bits per heavy atom. The molecule has 1 heterocycles. The zero-order chi connectivity index (χ0) is 21.5. The minimum absolute atomic E-state index is 0.0220. The lowest BCUT2D eigenvalue weighted by atomic mass is 10.1. The Morgan fingerprint density at radius 2 is 1.90 bits per heavy atom. The fraction of sp³-hybridized carbons (Fsp3) is 0.500. The van der Waals surface area contributed by atoms with Crippen molar-refractivity contribution < 1.29 is 9.59 Å². The van der Waals surface area contributed by atoms with Gasteiger partial charge in [-0.1, -0.05) is 38.5 Å². The molecule has 1 aliphatic rings. The molecule has 1 N–H and O–H groups in total. The van der Waals surface area contributed by atoms with E-state index >= 15 is 0 Å². The Hall–Kier alpha value is -2.76. The molecule has 1 aromatic heterocycles. The number of anilines is 1. The number of aromatic nitrogens is 1. The summed E-state index contributed by atoms with van der Waals surface area (Å²) in [6.45, 7) is 5.44. The minimum atomic E-state index is -0.202. The van der Waals surface area contributed by atoms with Gasteiger partial charge in [0.1, 0.15) is 6.54 Å². The standard InChI is InChI=1S/C24H34N4O2/c1-4-6-16-27(24(30)25-22-12-8-7-10-19(22)5-2)18-23(29)28(20-13-14-20)17-21-11-9-15-26(21)3/h7-12,15,20H,4-6,13-14,16-18H2,1-3H3,(H,25,30). The van der Waals surface area contributed by atoms with Crippen molar-refractivity contribution in [1.82, 2.24) is 14.4 Å². The number of amides is 3. The lowest BCUT2D eigenvalue weighted by molar-refractivity contribution is -0.133. The van der Waals surface area contributed by atoms with Crippen LogP contribution >= 0.6 is 0 Å². The number of carbonyl (C=O) groups is 2. The molecule has 1 saturated carbocycles. The van der Waals surface area contributed by atoms with Crippen LogP contribution in [0.2, 0.25) is 0 Å². The van der Waals surface area contributed by atoms with E-state index in [1.807, 2.05) is 59.1 Å². The van der Waals surface area contributed by atoms with Crippen LogP contribution in [0.25, 0.3) is 0 Å². The van der Waals surface area contributed by atoms with E-state index in [9.17, 15) is 9.59 Å². The van der Waals surface area contributed by atoms with Gasteiger partial charge in [0.15, 0.2) is 0 Å². The molecule has 3 rings (SSSR count). The Balaban J connectivity index is 1.70. The van der Waals surface area contributed by atoms with Gasteiger partial charge in [0.05, 0.1) is 6.54 Å². The number of nitrogens with zero attached hydrogens (tertiary/aromatic N) is 3.